The van der Waals surface area contributed by atoms with Crippen LogP contribution >= 0.6 is 0 Å². The highest BCUT2D eigenvalue weighted by Crippen LogP contribution is 2.23. The van der Waals surface area contributed by atoms with E-state index >= 15 is 0 Å². The minimum Gasteiger partial charge on any atom is -0.394 e. The summed E-state index contributed by atoms with van der Waals surface area (Å²) in [5.74, 6) is -0.611. The summed E-state index contributed by atoms with van der Waals surface area (Å²) in [6, 6.07) is -1.37. The molecule has 0 radical (unpaired) electrons. The number of aliphatic hydroxyl groups excluding tert-OH is 3. The second-order valence-corrected chi connectivity index (χ2v) is 5.00. The summed E-state index contributed by atoms with van der Waals surface area (Å²) in [6.07, 6.45) is -6.46. The molecule has 0 aliphatic carbocycles. The van der Waals surface area contributed by atoms with Crippen molar-refractivity contribution in [1.29, 1.82) is 0 Å². The van der Waals surface area contributed by atoms with E-state index in [1.54, 1.807) is 0 Å². The maximum atomic E-state index is 10.9. The second-order valence-electron chi connectivity index (χ2n) is 3.95. The van der Waals surface area contributed by atoms with Gasteiger partial charge in [0.05, 0.1) is 6.61 Å². The van der Waals surface area contributed by atoms with Crippen LogP contribution in [0.4, 0.5) is 0 Å². The van der Waals surface area contributed by atoms with Gasteiger partial charge in [-0.1, -0.05) is 0 Å². The van der Waals surface area contributed by atoms with Crippen LogP contribution in [0.3, 0.4) is 0 Å². The van der Waals surface area contributed by atoms with E-state index in [1.807, 2.05) is 0 Å². The van der Waals surface area contributed by atoms with Crippen LogP contribution in [0.2, 0.25) is 0 Å². The van der Waals surface area contributed by atoms with Crippen molar-refractivity contribution in [3.05, 3.63) is 0 Å². The van der Waals surface area contributed by atoms with E-state index in [1.165, 1.54) is 0 Å². The molecule has 1 aliphatic heterocycles. The molecule has 0 aromatic carbocycles. The third-order valence-corrected chi connectivity index (χ3v) is 2.94. The molecule has 0 aromatic heterocycles. The van der Waals surface area contributed by atoms with Crippen LogP contribution in [0.1, 0.15) is 6.92 Å². The number of hydrogen-bond donors (Lipinski definition) is 5. The summed E-state index contributed by atoms with van der Waals surface area (Å²) in [5.41, 5.74) is 0. The fraction of sp³-hybridized carbons (Fsp3) is 0.875. The molecule has 1 aliphatic rings. The number of nitrogens with one attached hydrogen (secondary N) is 1. The highest BCUT2D eigenvalue weighted by Gasteiger charge is 2.47. The Kier molecular flexibility index (Phi) is 5.20. The van der Waals surface area contributed by atoms with Gasteiger partial charge >= 0.3 is 10.4 Å². The molecular formula is C8H15NO9S. The minimum absolute atomic E-state index is 0.611. The minimum atomic E-state index is -4.91. The molecule has 0 bridgehead atoms. The normalized spacial score (nSPS) is 35.9. The second kappa shape index (κ2) is 6.09. The molecule has 19 heavy (non-hydrogen) atoms. The van der Waals surface area contributed by atoms with Crippen LogP contribution in [0.5, 0.6) is 0 Å². The summed E-state index contributed by atoms with van der Waals surface area (Å²) >= 11 is 0. The fourth-order valence-electron chi connectivity index (χ4n) is 1.73. The van der Waals surface area contributed by atoms with Crippen molar-refractivity contribution in [2.75, 3.05) is 6.61 Å². The molecule has 1 saturated heterocycles. The van der Waals surface area contributed by atoms with Gasteiger partial charge in [-0.25, -0.2) is 4.18 Å². The van der Waals surface area contributed by atoms with Crippen molar-refractivity contribution in [1.82, 2.24) is 5.32 Å². The van der Waals surface area contributed by atoms with E-state index < -0.39 is 53.6 Å². The Balaban J connectivity index is 2.94. The van der Waals surface area contributed by atoms with Gasteiger partial charge < -0.3 is 25.4 Å². The number of rotatable bonds is 4. The van der Waals surface area contributed by atoms with Gasteiger partial charge in [0.2, 0.25) is 5.91 Å². The average molecular weight is 301 g/mol. The molecule has 11 heteroatoms. The van der Waals surface area contributed by atoms with Crippen LogP contribution in [-0.2, 0) is 24.1 Å². The zero-order valence-corrected chi connectivity index (χ0v) is 10.6. The lowest BCUT2D eigenvalue weighted by atomic mass is 9.97. The van der Waals surface area contributed by atoms with Crippen molar-refractivity contribution >= 4 is 16.3 Å². The summed E-state index contributed by atoms with van der Waals surface area (Å²) in [7, 11) is -4.91. The van der Waals surface area contributed by atoms with Crippen molar-refractivity contribution < 1.29 is 42.0 Å². The first-order valence-corrected chi connectivity index (χ1v) is 6.57. The number of ether oxygens (including phenoxy) is 1. The van der Waals surface area contributed by atoms with E-state index in [0.717, 1.165) is 6.92 Å². The molecule has 0 aromatic rings. The molecule has 0 saturated carbocycles. The molecule has 1 amide bonds. The molecule has 0 spiro atoms. The smallest absolute Gasteiger partial charge is 0.394 e. The number of amides is 1. The first-order valence-electron chi connectivity index (χ1n) is 5.21. The molecule has 112 valence electrons. The summed E-state index contributed by atoms with van der Waals surface area (Å²) in [4.78, 5) is 10.9. The summed E-state index contributed by atoms with van der Waals surface area (Å²) in [6.45, 7) is 0.331. The van der Waals surface area contributed by atoms with E-state index in [9.17, 15) is 23.4 Å². The van der Waals surface area contributed by atoms with Crippen LogP contribution < -0.4 is 5.32 Å². The Labute approximate surface area is 108 Å². The monoisotopic (exact) mass is 301 g/mol. The number of carbonyl (C=O) groups excluding carboxylic acids is 1. The van der Waals surface area contributed by atoms with Crippen LogP contribution in [0.15, 0.2) is 0 Å². The SMILES string of the molecule is CC(=O)N[C@H]1C(O)O[C@H](CO)[C@@H](OS(=O)(=O)O)[C@@H]1O. The Morgan fingerprint density at radius 2 is 2.00 bits per heavy atom. The largest absolute Gasteiger partial charge is 0.397 e. The predicted molar refractivity (Wildman–Crippen MR) is 58.0 cm³/mol. The first kappa shape index (κ1) is 16.2. The van der Waals surface area contributed by atoms with Crippen molar-refractivity contribution in [2.45, 2.75) is 37.6 Å². The molecule has 5 atom stereocenters. The molecule has 5 N–H and O–H groups in total. The first-order chi connectivity index (χ1) is 8.65. The predicted octanol–water partition coefficient (Wildman–Crippen LogP) is -3.25. The van der Waals surface area contributed by atoms with Crippen molar-refractivity contribution in [3.63, 3.8) is 0 Å². The molecule has 10 nitrogen and oxygen atoms in total. The summed E-state index contributed by atoms with van der Waals surface area (Å²) in [5, 5.41) is 30.5. The maximum Gasteiger partial charge on any atom is 0.397 e. The fourth-order valence-corrected chi connectivity index (χ4v) is 2.25. The zero-order valence-electron chi connectivity index (χ0n) is 9.83. The Hall–Kier alpha value is -0.820. The Morgan fingerprint density at radius 1 is 1.42 bits per heavy atom. The lowest BCUT2D eigenvalue weighted by Gasteiger charge is -2.41. The standard InChI is InChI=1S/C8H15NO9S/c1-3(11)9-5-6(12)7(18-19(14,15)16)4(2-10)17-8(5)13/h4-8,10,12-13H,2H2,1H3,(H,9,11)(H,14,15,16)/t4-,5-,6-,7-,8?/m1/s1. The number of carbonyl (C=O) groups is 1. The molecule has 1 fully saturated rings. The van der Waals surface area contributed by atoms with Gasteiger partial charge in [-0.05, 0) is 0 Å². The van der Waals surface area contributed by atoms with Gasteiger partial charge in [-0.15, -0.1) is 0 Å². The molecule has 1 rings (SSSR count). The van der Waals surface area contributed by atoms with Gasteiger partial charge in [0.15, 0.2) is 6.29 Å². The highest BCUT2D eigenvalue weighted by atomic mass is 32.3. The van der Waals surface area contributed by atoms with Crippen molar-refractivity contribution in [3.8, 4) is 0 Å². The Bertz CT molecular complexity index is 424. The molecule has 1 heterocycles. The number of aliphatic hydroxyl groups is 3. The lowest BCUT2D eigenvalue weighted by Crippen LogP contribution is -2.64. The van der Waals surface area contributed by atoms with Gasteiger partial charge in [-0.3, -0.25) is 9.35 Å². The van der Waals surface area contributed by atoms with Crippen LogP contribution in [0.25, 0.3) is 0 Å². The zero-order chi connectivity index (χ0) is 14.8. The van der Waals surface area contributed by atoms with E-state index in [2.05, 4.69) is 9.50 Å². The van der Waals surface area contributed by atoms with Crippen molar-refractivity contribution in [2.24, 2.45) is 0 Å². The third kappa shape index (κ3) is 4.35. The van der Waals surface area contributed by atoms with Gasteiger partial charge in [0.25, 0.3) is 0 Å². The third-order valence-electron chi connectivity index (χ3n) is 2.47. The van der Waals surface area contributed by atoms with Gasteiger partial charge in [0, 0.05) is 6.92 Å². The lowest BCUT2D eigenvalue weighted by molar-refractivity contribution is -0.248. The van der Waals surface area contributed by atoms with Gasteiger partial charge in [0.1, 0.15) is 24.4 Å². The van der Waals surface area contributed by atoms with Gasteiger partial charge in [-0.2, -0.15) is 8.42 Å². The highest BCUT2D eigenvalue weighted by molar-refractivity contribution is 7.80. The van der Waals surface area contributed by atoms with Crippen LogP contribution in [0, 0.1) is 0 Å². The number of hydrogen-bond acceptors (Lipinski definition) is 8. The Morgan fingerprint density at radius 3 is 2.42 bits per heavy atom. The average Bonchev–Trinajstić information content (AvgIpc) is 2.26. The van der Waals surface area contributed by atoms with Crippen LogP contribution in [-0.4, -0.2) is 71.4 Å². The molecular weight excluding hydrogens is 286 g/mol. The van der Waals surface area contributed by atoms with E-state index in [0.29, 0.717) is 0 Å². The van der Waals surface area contributed by atoms with E-state index in [-0.39, 0.29) is 0 Å². The molecule has 1 unspecified atom stereocenters. The topological polar surface area (TPSA) is 163 Å². The quantitative estimate of drug-likeness (QED) is 0.335. The maximum absolute atomic E-state index is 10.9. The summed E-state index contributed by atoms with van der Waals surface area (Å²) < 4.78 is 38.9. The van der Waals surface area contributed by atoms with E-state index in [4.69, 9.17) is 14.4 Å².